The van der Waals surface area contributed by atoms with E-state index in [2.05, 4.69) is 20.8 Å². The van der Waals surface area contributed by atoms with Gasteiger partial charge >= 0.3 is 0 Å². The zero-order valence-corrected chi connectivity index (χ0v) is 15.3. The lowest BCUT2D eigenvalue weighted by atomic mass is 10.0. The van der Waals surface area contributed by atoms with E-state index in [1.54, 1.807) is 10.9 Å². The standard InChI is InChI=1S/C21H19N5O2/c1-15-23-24-25-26(15)18-11-9-16(10-12-18)14-20(27)22-21(19-8-5-13-28-19)17-6-3-2-4-7-17/h2-13,21H,14H2,1H3,(H,22,27). The van der Waals surface area contributed by atoms with Crippen molar-refractivity contribution in [2.45, 2.75) is 19.4 Å². The number of benzene rings is 2. The maximum absolute atomic E-state index is 12.7. The number of amides is 1. The molecule has 1 amide bonds. The highest BCUT2D eigenvalue weighted by Crippen LogP contribution is 2.22. The van der Waals surface area contributed by atoms with Crippen molar-refractivity contribution < 1.29 is 9.21 Å². The third kappa shape index (κ3) is 3.83. The predicted octanol–water partition coefficient (Wildman–Crippen LogP) is 3.01. The first-order valence-corrected chi connectivity index (χ1v) is 8.93. The quantitative estimate of drug-likeness (QED) is 0.561. The Balaban J connectivity index is 1.47. The van der Waals surface area contributed by atoms with Gasteiger partial charge in [-0.3, -0.25) is 4.79 Å². The topological polar surface area (TPSA) is 85.8 Å². The van der Waals surface area contributed by atoms with Gasteiger partial charge < -0.3 is 9.73 Å². The highest BCUT2D eigenvalue weighted by Gasteiger charge is 2.19. The van der Waals surface area contributed by atoms with Crippen molar-refractivity contribution in [1.82, 2.24) is 25.5 Å². The molecule has 2 aromatic carbocycles. The molecule has 0 aliphatic rings. The first-order valence-electron chi connectivity index (χ1n) is 8.93. The second-order valence-corrected chi connectivity index (χ2v) is 6.41. The molecule has 4 aromatic rings. The van der Waals surface area contributed by atoms with Crippen LogP contribution in [0.3, 0.4) is 0 Å². The fourth-order valence-electron chi connectivity index (χ4n) is 3.04. The van der Waals surface area contributed by atoms with Crippen LogP contribution in [0.5, 0.6) is 0 Å². The molecule has 1 unspecified atom stereocenters. The number of hydrogen-bond donors (Lipinski definition) is 1. The van der Waals surface area contributed by atoms with E-state index in [-0.39, 0.29) is 18.4 Å². The van der Waals surface area contributed by atoms with Gasteiger partial charge in [-0.15, -0.1) is 5.10 Å². The molecule has 0 spiro atoms. The average molecular weight is 373 g/mol. The van der Waals surface area contributed by atoms with E-state index in [9.17, 15) is 4.79 Å². The Morgan fingerprint density at radius 1 is 1.07 bits per heavy atom. The smallest absolute Gasteiger partial charge is 0.225 e. The van der Waals surface area contributed by atoms with E-state index in [0.29, 0.717) is 11.6 Å². The van der Waals surface area contributed by atoms with Crippen LogP contribution < -0.4 is 5.32 Å². The fourth-order valence-corrected chi connectivity index (χ4v) is 3.04. The van der Waals surface area contributed by atoms with Gasteiger partial charge in [0.25, 0.3) is 0 Å². The molecule has 0 saturated heterocycles. The Morgan fingerprint density at radius 3 is 2.50 bits per heavy atom. The number of carbonyl (C=O) groups is 1. The van der Waals surface area contributed by atoms with E-state index >= 15 is 0 Å². The molecule has 7 nitrogen and oxygen atoms in total. The minimum Gasteiger partial charge on any atom is -0.467 e. The molecule has 0 aliphatic heterocycles. The highest BCUT2D eigenvalue weighted by atomic mass is 16.3. The summed E-state index contributed by atoms with van der Waals surface area (Å²) in [4.78, 5) is 12.7. The van der Waals surface area contributed by atoms with Crippen LogP contribution in [-0.4, -0.2) is 26.1 Å². The summed E-state index contributed by atoms with van der Waals surface area (Å²) >= 11 is 0. The number of nitrogens with one attached hydrogen (secondary N) is 1. The molecule has 4 rings (SSSR count). The van der Waals surface area contributed by atoms with Crippen molar-refractivity contribution in [3.63, 3.8) is 0 Å². The summed E-state index contributed by atoms with van der Waals surface area (Å²) in [5, 5.41) is 14.5. The van der Waals surface area contributed by atoms with Crippen LogP contribution in [0.15, 0.2) is 77.4 Å². The Labute approximate surface area is 162 Å². The molecular weight excluding hydrogens is 354 g/mol. The minimum atomic E-state index is -0.327. The summed E-state index contributed by atoms with van der Waals surface area (Å²) in [5.41, 5.74) is 2.72. The van der Waals surface area contributed by atoms with Crippen LogP contribution in [0.1, 0.15) is 28.8 Å². The SMILES string of the molecule is Cc1nnnn1-c1ccc(CC(=O)NC(c2ccccc2)c2ccco2)cc1. The van der Waals surface area contributed by atoms with E-state index in [4.69, 9.17) is 4.42 Å². The van der Waals surface area contributed by atoms with E-state index < -0.39 is 0 Å². The lowest BCUT2D eigenvalue weighted by molar-refractivity contribution is -0.121. The monoisotopic (exact) mass is 373 g/mol. The van der Waals surface area contributed by atoms with Crippen molar-refractivity contribution in [2.24, 2.45) is 0 Å². The molecule has 7 heteroatoms. The summed E-state index contributed by atoms with van der Waals surface area (Å²) < 4.78 is 7.18. The molecule has 1 atom stereocenters. The Hall–Kier alpha value is -3.74. The molecule has 0 fully saturated rings. The molecule has 2 heterocycles. The van der Waals surface area contributed by atoms with Crippen LogP contribution in [0, 0.1) is 6.92 Å². The first-order chi connectivity index (χ1) is 13.7. The van der Waals surface area contributed by atoms with Crippen LogP contribution in [-0.2, 0) is 11.2 Å². The number of furan rings is 1. The lowest BCUT2D eigenvalue weighted by Crippen LogP contribution is -2.30. The predicted molar refractivity (Wildman–Crippen MR) is 103 cm³/mol. The van der Waals surface area contributed by atoms with Crippen molar-refractivity contribution in [3.05, 3.63) is 95.7 Å². The maximum atomic E-state index is 12.7. The van der Waals surface area contributed by atoms with Crippen molar-refractivity contribution in [3.8, 4) is 5.69 Å². The minimum absolute atomic E-state index is 0.0865. The normalized spacial score (nSPS) is 11.9. The van der Waals surface area contributed by atoms with Crippen LogP contribution in [0.4, 0.5) is 0 Å². The second-order valence-electron chi connectivity index (χ2n) is 6.41. The number of aromatic nitrogens is 4. The van der Waals surface area contributed by atoms with E-state index in [1.807, 2.05) is 73.7 Å². The van der Waals surface area contributed by atoms with Crippen molar-refractivity contribution in [2.75, 3.05) is 0 Å². The number of aryl methyl sites for hydroxylation is 1. The van der Waals surface area contributed by atoms with Gasteiger partial charge in [0.15, 0.2) is 5.82 Å². The summed E-state index contributed by atoms with van der Waals surface area (Å²) in [5.74, 6) is 1.32. The Bertz CT molecular complexity index is 1040. The van der Waals surface area contributed by atoms with Crippen LogP contribution in [0.2, 0.25) is 0 Å². The molecule has 2 aromatic heterocycles. The molecule has 28 heavy (non-hydrogen) atoms. The zero-order chi connectivity index (χ0) is 19.3. The average Bonchev–Trinajstić information content (AvgIpc) is 3.39. The summed E-state index contributed by atoms with van der Waals surface area (Å²) in [7, 11) is 0. The molecule has 0 bridgehead atoms. The van der Waals surface area contributed by atoms with E-state index in [0.717, 1.165) is 16.8 Å². The van der Waals surface area contributed by atoms with Gasteiger partial charge in [-0.1, -0.05) is 42.5 Å². The summed E-state index contributed by atoms with van der Waals surface area (Å²) in [6.45, 7) is 1.83. The van der Waals surface area contributed by atoms with Gasteiger partial charge in [0.1, 0.15) is 11.8 Å². The van der Waals surface area contributed by atoms with Gasteiger partial charge in [-0.25, -0.2) is 0 Å². The van der Waals surface area contributed by atoms with Gasteiger partial charge in [0, 0.05) is 0 Å². The lowest BCUT2D eigenvalue weighted by Gasteiger charge is -2.17. The van der Waals surface area contributed by atoms with Crippen molar-refractivity contribution >= 4 is 5.91 Å². The highest BCUT2D eigenvalue weighted by molar-refractivity contribution is 5.79. The third-order valence-corrected chi connectivity index (χ3v) is 4.44. The van der Waals surface area contributed by atoms with E-state index in [1.165, 1.54) is 0 Å². The van der Waals surface area contributed by atoms with Crippen LogP contribution >= 0.6 is 0 Å². The zero-order valence-electron chi connectivity index (χ0n) is 15.3. The number of tetrazole rings is 1. The number of carbonyl (C=O) groups excluding carboxylic acids is 1. The van der Waals surface area contributed by atoms with Gasteiger partial charge in [0.05, 0.1) is 18.4 Å². The van der Waals surface area contributed by atoms with Gasteiger partial charge in [0.2, 0.25) is 5.91 Å². The van der Waals surface area contributed by atoms with Crippen LogP contribution in [0.25, 0.3) is 5.69 Å². The molecular formula is C21H19N5O2. The number of nitrogens with zero attached hydrogens (tertiary/aromatic N) is 4. The molecule has 0 radical (unpaired) electrons. The molecule has 1 N–H and O–H groups in total. The largest absolute Gasteiger partial charge is 0.467 e. The fraction of sp³-hybridized carbons (Fsp3) is 0.143. The second kappa shape index (κ2) is 7.87. The summed E-state index contributed by atoms with van der Waals surface area (Å²) in [6.07, 6.45) is 1.87. The van der Waals surface area contributed by atoms with Crippen molar-refractivity contribution in [1.29, 1.82) is 0 Å². The molecule has 140 valence electrons. The Morgan fingerprint density at radius 2 is 1.86 bits per heavy atom. The number of hydrogen-bond acceptors (Lipinski definition) is 5. The third-order valence-electron chi connectivity index (χ3n) is 4.44. The maximum Gasteiger partial charge on any atom is 0.225 e. The first kappa shape index (κ1) is 17.7. The Kier molecular flexibility index (Phi) is 4.97. The summed E-state index contributed by atoms with van der Waals surface area (Å²) in [6, 6.07) is 20.7. The van der Waals surface area contributed by atoms with Gasteiger partial charge in [-0.05, 0) is 52.7 Å². The molecule has 0 aliphatic carbocycles. The molecule has 0 saturated carbocycles. The number of rotatable bonds is 6. The van der Waals surface area contributed by atoms with Gasteiger partial charge in [-0.2, -0.15) is 4.68 Å².